The van der Waals surface area contributed by atoms with E-state index in [4.69, 9.17) is 18.9 Å². The molecule has 1 saturated heterocycles. The molecule has 2 aromatic rings. The van der Waals surface area contributed by atoms with Crippen molar-refractivity contribution >= 4 is 11.8 Å². The van der Waals surface area contributed by atoms with E-state index < -0.39 is 5.92 Å². The predicted molar refractivity (Wildman–Crippen MR) is 129 cm³/mol. The molecule has 0 aromatic heterocycles. The number of nitrogens with one attached hydrogen (secondary N) is 1. The van der Waals surface area contributed by atoms with Crippen LogP contribution in [0.5, 0.6) is 17.2 Å². The molecule has 3 rings (SSSR count). The second-order valence-electron chi connectivity index (χ2n) is 8.33. The molecule has 0 spiro atoms. The van der Waals surface area contributed by atoms with Gasteiger partial charge in [-0.2, -0.15) is 0 Å². The van der Waals surface area contributed by atoms with E-state index in [-0.39, 0.29) is 17.7 Å². The van der Waals surface area contributed by atoms with Crippen molar-refractivity contribution < 1.29 is 28.5 Å². The molecule has 0 saturated carbocycles. The van der Waals surface area contributed by atoms with Crippen molar-refractivity contribution in [3.8, 4) is 17.2 Å². The highest BCUT2D eigenvalue weighted by Crippen LogP contribution is 2.43. The van der Waals surface area contributed by atoms with E-state index in [9.17, 15) is 9.59 Å². The highest BCUT2D eigenvalue weighted by Gasteiger charge is 2.41. The third kappa shape index (κ3) is 5.44. The minimum atomic E-state index is -0.418. The third-order valence-electron chi connectivity index (χ3n) is 6.26. The van der Waals surface area contributed by atoms with Crippen LogP contribution in [0.1, 0.15) is 33.8 Å². The van der Waals surface area contributed by atoms with Gasteiger partial charge in [-0.3, -0.25) is 9.59 Å². The third-order valence-corrected chi connectivity index (χ3v) is 6.26. The molecule has 2 aromatic carbocycles. The van der Waals surface area contributed by atoms with Crippen molar-refractivity contribution in [1.82, 2.24) is 10.2 Å². The van der Waals surface area contributed by atoms with Crippen molar-refractivity contribution in [3.05, 3.63) is 53.1 Å². The van der Waals surface area contributed by atoms with Gasteiger partial charge in [0.2, 0.25) is 11.7 Å². The van der Waals surface area contributed by atoms with E-state index in [0.29, 0.717) is 49.1 Å². The van der Waals surface area contributed by atoms with Gasteiger partial charge in [-0.05, 0) is 42.7 Å². The van der Waals surface area contributed by atoms with Crippen LogP contribution in [0.4, 0.5) is 0 Å². The second kappa shape index (κ2) is 11.7. The zero-order valence-electron chi connectivity index (χ0n) is 20.6. The topological polar surface area (TPSA) is 86.3 Å². The summed E-state index contributed by atoms with van der Waals surface area (Å²) in [7, 11) is 6.30. The van der Waals surface area contributed by atoms with Gasteiger partial charge in [0.25, 0.3) is 5.91 Å². The van der Waals surface area contributed by atoms with Gasteiger partial charge in [0.1, 0.15) is 0 Å². The van der Waals surface area contributed by atoms with Crippen LogP contribution in [0.3, 0.4) is 0 Å². The van der Waals surface area contributed by atoms with Crippen molar-refractivity contribution in [1.29, 1.82) is 0 Å². The molecule has 0 radical (unpaired) electrons. The fourth-order valence-corrected chi connectivity index (χ4v) is 4.43. The summed E-state index contributed by atoms with van der Waals surface area (Å²) in [4.78, 5) is 28.3. The second-order valence-corrected chi connectivity index (χ2v) is 8.33. The number of likely N-dealkylation sites (tertiary alicyclic amines) is 1. The summed E-state index contributed by atoms with van der Waals surface area (Å²) in [6.07, 6.45) is 0.718. The SMILES string of the molecule is COCCCNC(=O)[C@H]1CN(C(=O)c2ccccc2C)C[C@@H]1c1cc(OC)c(OC)c(OC)c1. The van der Waals surface area contributed by atoms with Crippen LogP contribution in [0.2, 0.25) is 0 Å². The molecule has 1 fully saturated rings. The lowest BCUT2D eigenvalue weighted by Crippen LogP contribution is -2.36. The monoisotopic (exact) mass is 470 g/mol. The molecule has 0 unspecified atom stereocenters. The summed E-state index contributed by atoms with van der Waals surface area (Å²) in [5.41, 5.74) is 2.41. The maximum absolute atomic E-state index is 13.4. The molecule has 1 heterocycles. The molecule has 1 N–H and O–H groups in total. The minimum Gasteiger partial charge on any atom is -0.493 e. The van der Waals surface area contributed by atoms with Gasteiger partial charge < -0.3 is 29.2 Å². The molecule has 1 aliphatic rings. The van der Waals surface area contributed by atoms with Crippen molar-refractivity contribution in [2.75, 3.05) is 54.7 Å². The zero-order chi connectivity index (χ0) is 24.7. The highest BCUT2D eigenvalue weighted by molar-refractivity contribution is 5.96. The van der Waals surface area contributed by atoms with Crippen LogP contribution < -0.4 is 19.5 Å². The van der Waals surface area contributed by atoms with Gasteiger partial charge >= 0.3 is 0 Å². The lowest BCUT2D eigenvalue weighted by Gasteiger charge is -2.21. The Kier molecular flexibility index (Phi) is 8.76. The molecule has 8 nitrogen and oxygen atoms in total. The van der Waals surface area contributed by atoms with Crippen LogP contribution in [0.25, 0.3) is 0 Å². The predicted octanol–water partition coefficient (Wildman–Crippen LogP) is 3.03. The molecule has 184 valence electrons. The summed E-state index contributed by atoms with van der Waals surface area (Å²) in [5.74, 6) is 0.697. The molecule has 0 aliphatic carbocycles. The van der Waals surface area contributed by atoms with Gasteiger partial charge in [0, 0.05) is 44.8 Å². The number of ether oxygens (including phenoxy) is 4. The van der Waals surface area contributed by atoms with Crippen molar-refractivity contribution in [3.63, 3.8) is 0 Å². The number of aryl methyl sites for hydroxylation is 1. The lowest BCUT2D eigenvalue weighted by molar-refractivity contribution is -0.125. The summed E-state index contributed by atoms with van der Waals surface area (Å²) < 4.78 is 21.6. The van der Waals surface area contributed by atoms with E-state index in [1.165, 1.54) is 0 Å². The molecular weight excluding hydrogens is 436 g/mol. The molecular formula is C26H34N2O6. The van der Waals surface area contributed by atoms with E-state index in [2.05, 4.69) is 5.32 Å². The number of nitrogens with zero attached hydrogens (tertiary/aromatic N) is 1. The normalized spacial score (nSPS) is 17.4. The Balaban J connectivity index is 1.94. The molecule has 1 aliphatic heterocycles. The number of hydrogen-bond acceptors (Lipinski definition) is 6. The van der Waals surface area contributed by atoms with Gasteiger partial charge in [0.15, 0.2) is 11.5 Å². The Morgan fingerprint density at radius 2 is 1.68 bits per heavy atom. The number of rotatable bonds is 10. The Labute approximate surface area is 201 Å². The van der Waals surface area contributed by atoms with Crippen LogP contribution in [0, 0.1) is 12.8 Å². The molecule has 0 bridgehead atoms. The number of hydrogen-bond donors (Lipinski definition) is 1. The average Bonchev–Trinajstić information content (AvgIpc) is 3.31. The summed E-state index contributed by atoms with van der Waals surface area (Å²) in [6, 6.07) is 11.2. The largest absolute Gasteiger partial charge is 0.493 e. The van der Waals surface area contributed by atoms with Crippen LogP contribution >= 0.6 is 0 Å². The maximum Gasteiger partial charge on any atom is 0.254 e. The van der Waals surface area contributed by atoms with Gasteiger partial charge in [-0.1, -0.05) is 18.2 Å². The van der Waals surface area contributed by atoms with Gasteiger partial charge in [0.05, 0.1) is 27.2 Å². The fraction of sp³-hybridized carbons (Fsp3) is 0.462. The number of amides is 2. The van der Waals surface area contributed by atoms with Crippen LogP contribution in [0.15, 0.2) is 36.4 Å². The Bertz CT molecular complexity index is 984. The van der Waals surface area contributed by atoms with Crippen LogP contribution in [-0.4, -0.2) is 71.4 Å². The highest BCUT2D eigenvalue weighted by atomic mass is 16.5. The number of carbonyl (C=O) groups is 2. The first kappa shape index (κ1) is 25.4. The Hall–Kier alpha value is -3.26. The molecule has 2 amide bonds. The average molecular weight is 471 g/mol. The Morgan fingerprint density at radius 3 is 2.26 bits per heavy atom. The van der Waals surface area contributed by atoms with Gasteiger partial charge in [-0.25, -0.2) is 0 Å². The van der Waals surface area contributed by atoms with E-state index in [1.807, 2.05) is 43.3 Å². The number of benzene rings is 2. The quantitative estimate of drug-likeness (QED) is 0.537. The van der Waals surface area contributed by atoms with E-state index >= 15 is 0 Å². The smallest absolute Gasteiger partial charge is 0.254 e. The standard InChI is InChI=1S/C26H34N2O6/c1-17-9-6-7-10-19(17)26(30)28-15-20(21(16-28)25(29)27-11-8-12-31-2)18-13-22(32-3)24(34-5)23(14-18)33-4/h6-7,9-10,13-14,20-21H,8,11-12,15-16H2,1-5H3,(H,27,29)/t20-,21+/m1/s1. The Morgan fingerprint density at radius 1 is 1.00 bits per heavy atom. The first-order valence-electron chi connectivity index (χ1n) is 11.4. The first-order valence-corrected chi connectivity index (χ1v) is 11.4. The summed E-state index contributed by atoms with van der Waals surface area (Å²) >= 11 is 0. The summed E-state index contributed by atoms with van der Waals surface area (Å²) in [6.45, 7) is 3.72. The van der Waals surface area contributed by atoms with Crippen molar-refractivity contribution in [2.45, 2.75) is 19.3 Å². The van der Waals surface area contributed by atoms with Crippen LogP contribution in [-0.2, 0) is 9.53 Å². The number of methoxy groups -OCH3 is 4. The van der Waals surface area contributed by atoms with Gasteiger partial charge in [-0.15, -0.1) is 0 Å². The molecule has 2 atom stereocenters. The summed E-state index contributed by atoms with van der Waals surface area (Å²) in [5, 5.41) is 3.01. The molecule has 34 heavy (non-hydrogen) atoms. The lowest BCUT2D eigenvalue weighted by atomic mass is 9.88. The first-order chi connectivity index (χ1) is 16.4. The van der Waals surface area contributed by atoms with E-state index in [0.717, 1.165) is 17.5 Å². The van der Waals surface area contributed by atoms with E-state index in [1.54, 1.807) is 33.3 Å². The van der Waals surface area contributed by atoms with Crippen molar-refractivity contribution in [2.24, 2.45) is 5.92 Å². The maximum atomic E-state index is 13.4. The number of carbonyl (C=O) groups excluding carboxylic acids is 2. The fourth-order valence-electron chi connectivity index (χ4n) is 4.43. The molecule has 8 heteroatoms. The minimum absolute atomic E-state index is 0.0785. The zero-order valence-corrected chi connectivity index (χ0v) is 20.6.